The van der Waals surface area contributed by atoms with E-state index in [9.17, 15) is 16.8 Å². The van der Waals surface area contributed by atoms with Gasteiger partial charge in [0.25, 0.3) is 0 Å². The third-order valence-corrected chi connectivity index (χ3v) is 10.4. The first-order chi connectivity index (χ1) is 17.2. The lowest BCUT2D eigenvalue weighted by molar-refractivity contribution is 0.170. The molecule has 0 N–H and O–H groups in total. The van der Waals surface area contributed by atoms with Crippen molar-refractivity contribution >= 4 is 30.8 Å². The van der Waals surface area contributed by atoms with Gasteiger partial charge in [0.1, 0.15) is 0 Å². The van der Waals surface area contributed by atoms with Gasteiger partial charge in [0.15, 0.2) is 0 Å². The van der Waals surface area contributed by atoms with E-state index in [1.807, 2.05) is 56.3 Å². The van der Waals surface area contributed by atoms with Gasteiger partial charge in [0, 0.05) is 6.54 Å². The zero-order valence-corrected chi connectivity index (χ0v) is 21.8. The Morgan fingerprint density at radius 1 is 0.667 bits per heavy atom. The number of benzene rings is 4. The van der Waals surface area contributed by atoms with Gasteiger partial charge in [-0.25, -0.2) is 16.8 Å². The summed E-state index contributed by atoms with van der Waals surface area (Å²) in [5.74, 6) is 0. The minimum atomic E-state index is -3.98. The number of rotatable bonds is 5. The molecular weight excluding hydrogens is 492 g/mol. The molecule has 1 aliphatic heterocycles. The van der Waals surface area contributed by atoms with E-state index in [4.69, 9.17) is 0 Å². The highest BCUT2D eigenvalue weighted by atomic mass is 32.2. The first kappa shape index (κ1) is 24.6. The smallest absolute Gasteiger partial charge is 0.207 e. The maximum absolute atomic E-state index is 13.9. The average Bonchev–Trinajstić information content (AvgIpc) is 2.88. The Morgan fingerprint density at radius 3 is 1.83 bits per heavy atom. The summed E-state index contributed by atoms with van der Waals surface area (Å²) < 4.78 is 57.4. The molecule has 36 heavy (non-hydrogen) atoms. The highest BCUT2D eigenvalue weighted by molar-refractivity contribution is 7.90. The molecule has 4 aromatic carbocycles. The van der Waals surface area contributed by atoms with Gasteiger partial charge in [0.05, 0.1) is 22.5 Å². The number of nitrogens with zero attached hydrogens (tertiary/aromatic N) is 2. The molecule has 0 aliphatic carbocycles. The standard InChI is InChI=1S/C28H28N2O4S2/c1-21-7-13-26(14-8-21)35(31,32)29-18-17-28(25-12-11-23-5-3-4-6-24(23)19-25)30(20-29)36(33,34)27-15-9-22(2)10-16-27/h3-16,19,28H,17-18,20H2,1-2H3. The monoisotopic (exact) mass is 520 g/mol. The fourth-order valence-corrected chi connectivity index (χ4v) is 7.71. The van der Waals surface area contributed by atoms with Crippen LogP contribution >= 0.6 is 0 Å². The molecule has 8 heteroatoms. The lowest BCUT2D eigenvalue weighted by Crippen LogP contribution is -2.50. The summed E-state index contributed by atoms with van der Waals surface area (Å²) in [4.78, 5) is 0.304. The summed E-state index contributed by atoms with van der Waals surface area (Å²) >= 11 is 0. The second kappa shape index (κ2) is 9.44. The first-order valence-electron chi connectivity index (χ1n) is 11.8. The van der Waals surface area contributed by atoms with Crippen LogP contribution in [0.5, 0.6) is 0 Å². The minimum Gasteiger partial charge on any atom is -0.207 e. The van der Waals surface area contributed by atoms with Gasteiger partial charge in [-0.1, -0.05) is 71.8 Å². The molecule has 0 aromatic heterocycles. The number of aryl methyl sites for hydroxylation is 2. The van der Waals surface area contributed by atoms with Gasteiger partial charge in [-0.2, -0.15) is 8.61 Å². The molecule has 0 spiro atoms. The van der Waals surface area contributed by atoms with Crippen LogP contribution in [0.25, 0.3) is 10.8 Å². The quantitative estimate of drug-likeness (QED) is 0.361. The van der Waals surface area contributed by atoms with Crippen molar-refractivity contribution in [1.29, 1.82) is 0 Å². The van der Waals surface area contributed by atoms with Crippen molar-refractivity contribution in [2.24, 2.45) is 0 Å². The van der Waals surface area contributed by atoms with E-state index in [0.717, 1.165) is 27.5 Å². The average molecular weight is 521 g/mol. The Hall–Kier alpha value is -3.04. The molecule has 1 heterocycles. The van der Waals surface area contributed by atoms with Gasteiger partial charge < -0.3 is 0 Å². The summed E-state index contributed by atoms with van der Waals surface area (Å²) in [5, 5.41) is 2.07. The predicted octanol–water partition coefficient (Wildman–Crippen LogP) is 5.24. The fraction of sp³-hybridized carbons (Fsp3) is 0.214. The lowest BCUT2D eigenvalue weighted by Gasteiger charge is -2.40. The van der Waals surface area contributed by atoms with Crippen molar-refractivity contribution in [2.45, 2.75) is 36.1 Å². The van der Waals surface area contributed by atoms with Crippen LogP contribution in [-0.2, 0) is 20.0 Å². The van der Waals surface area contributed by atoms with E-state index in [2.05, 4.69) is 0 Å². The second-order valence-electron chi connectivity index (χ2n) is 9.25. The van der Waals surface area contributed by atoms with Crippen molar-refractivity contribution in [3.05, 3.63) is 108 Å². The molecule has 1 aliphatic rings. The molecule has 0 saturated carbocycles. The molecule has 6 nitrogen and oxygen atoms in total. The second-order valence-corrected chi connectivity index (χ2v) is 13.1. The highest BCUT2D eigenvalue weighted by Gasteiger charge is 2.41. The maximum Gasteiger partial charge on any atom is 0.244 e. The Morgan fingerprint density at radius 2 is 1.22 bits per heavy atom. The number of sulfonamides is 2. The van der Waals surface area contributed by atoms with Crippen LogP contribution in [0.1, 0.15) is 29.2 Å². The van der Waals surface area contributed by atoms with Crippen molar-refractivity contribution in [3.8, 4) is 0 Å². The molecule has 1 unspecified atom stereocenters. The van der Waals surface area contributed by atoms with E-state index >= 15 is 0 Å². The lowest BCUT2D eigenvalue weighted by atomic mass is 9.99. The number of hydrogen-bond acceptors (Lipinski definition) is 4. The topological polar surface area (TPSA) is 74.8 Å². The molecule has 0 radical (unpaired) electrons. The Labute approximate surface area is 212 Å². The van der Waals surface area contributed by atoms with E-state index < -0.39 is 26.1 Å². The van der Waals surface area contributed by atoms with Crippen molar-refractivity contribution in [2.75, 3.05) is 13.2 Å². The maximum atomic E-state index is 13.9. The van der Waals surface area contributed by atoms with Gasteiger partial charge in [-0.05, 0) is 66.9 Å². The van der Waals surface area contributed by atoms with Crippen molar-refractivity contribution < 1.29 is 16.8 Å². The molecule has 1 saturated heterocycles. The molecule has 4 aromatic rings. The SMILES string of the molecule is Cc1ccc(S(=O)(=O)N2CCC(c3ccc4ccccc4c3)N(S(=O)(=O)c3ccc(C)cc3)C2)cc1. The molecule has 5 rings (SSSR count). The summed E-state index contributed by atoms with van der Waals surface area (Å²) in [7, 11) is -7.86. The van der Waals surface area contributed by atoms with E-state index in [0.29, 0.717) is 6.42 Å². The van der Waals surface area contributed by atoms with Crippen LogP contribution < -0.4 is 0 Å². The summed E-state index contributed by atoms with van der Waals surface area (Å²) in [6.45, 7) is 3.74. The molecule has 0 amide bonds. The van der Waals surface area contributed by atoms with Gasteiger partial charge in [-0.15, -0.1) is 0 Å². The molecule has 1 atom stereocenters. The van der Waals surface area contributed by atoms with Crippen LogP contribution in [-0.4, -0.2) is 38.7 Å². The molecule has 0 bridgehead atoms. The van der Waals surface area contributed by atoms with E-state index in [-0.39, 0.29) is 23.0 Å². The van der Waals surface area contributed by atoms with Crippen LogP contribution in [0.2, 0.25) is 0 Å². The summed E-state index contributed by atoms with van der Waals surface area (Å²) in [6.07, 6.45) is 0.342. The number of fused-ring (bicyclic) bond motifs is 1. The predicted molar refractivity (Wildman–Crippen MR) is 141 cm³/mol. The molecule has 1 fully saturated rings. The van der Waals surface area contributed by atoms with Gasteiger partial charge >= 0.3 is 0 Å². The van der Waals surface area contributed by atoms with E-state index in [1.165, 1.54) is 8.61 Å². The Bertz CT molecular complexity index is 1610. The summed E-state index contributed by atoms with van der Waals surface area (Å²) in [6, 6.07) is 26.6. The molecular formula is C28H28N2O4S2. The highest BCUT2D eigenvalue weighted by Crippen LogP contribution is 2.37. The zero-order valence-electron chi connectivity index (χ0n) is 20.2. The van der Waals surface area contributed by atoms with Gasteiger partial charge in [-0.3, -0.25) is 0 Å². The van der Waals surface area contributed by atoms with E-state index in [1.54, 1.807) is 48.5 Å². The van der Waals surface area contributed by atoms with Gasteiger partial charge in [0.2, 0.25) is 20.0 Å². The van der Waals surface area contributed by atoms with Crippen molar-refractivity contribution in [3.63, 3.8) is 0 Å². The third kappa shape index (κ3) is 4.57. The minimum absolute atomic E-state index is 0.147. The first-order valence-corrected chi connectivity index (χ1v) is 14.7. The number of hydrogen-bond donors (Lipinski definition) is 0. The summed E-state index contributed by atoms with van der Waals surface area (Å²) in [5.41, 5.74) is 2.74. The fourth-order valence-electron chi connectivity index (χ4n) is 4.63. The normalized spacial score (nSPS) is 17.9. The Kier molecular flexibility index (Phi) is 6.46. The Balaban J connectivity index is 1.57. The van der Waals surface area contributed by atoms with Crippen LogP contribution in [0, 0.1) is 13.8 Å². The zero-order chi connectivity index (χ0) is 25.5. The van der Waals surface area contributed by atoms with Crippen LogP contribution in [0.4, 0.5) is 0 Å². The third-order valence-electron chi connectivity index (χ3n) is 6.74. The molecule has 186 valence electrons. The van der Waals surface area contributed by atoms with Crippen LogP contribution in [0.3, 0.4) is 0 Å². The van der Waals surface area contributed by atoms with Crippen LogP contribution in [0.15, 0.2) is 101 Å². The largest absolute Gasteiger partial charge is 0.244 e. The van der Waals surface area contributed by atoms with Crippen molar-refractivity contribution in [1.82, 2.24) is 8.61 Å².